The van der Waals surface area contributed by atoms with E-state index in [9.17, 15) is 9.59 Å². The molecule has 5 heteroatoms. The molecule has 1 aromatic heterocycles. The molecule has 0 spiro atoms. The summed E-state index contributed by atoms with van der Waals surface area (Å²) in [6, 6.07) is 10.4. The summed E-state index contributed by atoms with van der Waals surface area (Å²) in [6.45, 7) is 0.440. The molecule has 0 atom stereocenters. The first kappa shape index (κ1) is 12.8. The molecule has 1 aromatic carbocycles. The van der Waals surface area contributed by atoms with Gasteiger partial charge in [0.25, 0.3) is 5.56 Å². The van der Waals surface area contributed by atoms with Crippen LogP contribution in [-0.4, -0.2) is 15.6 Å². The van der Waals surface area contributed by atoms with Gasteiger partial charge in [-0.1, -0.05) is 12.1 Å². The maximum absolute atomic E-state index is 11.7. The number of nitrogens with zero attached hydrogens (tertiary/aromatic N) is 1. The molecule has 0 fully saturated rings. The van der Waals surface area contributed by atoms with Crippen LogP contribution in [0.25, 0.3) is 0 Å². The number of benzene rings is 1. The number of aromatic carboxylic acids is 1. The summed E-state index contributed by atoms with van der Waals surface area (Å²) in [7, 11) is 0. The number of carboxylic acid groups (broad SMARTS) is 1. The predicted octanol–water partition coefficient (Wildman–Crippen LogP) is 2.20. The van der Waals surface area contributed by atoms with Crippen LogP contribution in [0.3, 0.4) is 0 Å². The highest BCUT2D eigenvalue weighted by Gasteiger charge is 2.05. The lowest BCUT2D eigenvalue weighted by atomic mass is 10.2. The Bertz CT molecular complexity index is 631. The SMILES string of the molecule is O=C(O)c1ccn(Cc2ccc(I)cc2)c(=O)c1. The zero-order valence-corrected chi connectivity index (χ0v) is 11.5. The molecule has 4 nitrogen and oxygen atoms in total. The minimum atomic E-state index is -1.09. The molecule has 0 saturated carbocycles. The lowest BCUT2D eigenvalue weighted by molar-refractivity contribution is 0.0696. The second-order valence-corrected chi connectivity index (χ2v) is 5.06. The third-order valence-corrected chi connectivity index (χ3v) is 3.23. The third-order valence-electron chi connectivity index (χ3n) is 2.51. The molecule has 0 saturated heterocycles. The van der Waals surface area contributed by atoms with Crippen molar-refractivity contribution < 1.29 is 9.90 Å². The Balaban J connectivity index is 2.27. The first-order valence-corrected chi connectivity index (χ1v) is 6.32. The molecule has 0 radical (unpaired) electrons. The van der Waals surface area contributed by atoms with Gasteiger partial charge in [0, 0.05) is 15.8 Å². The second kappa shape index (κ2) is 5.34. The number of carbonyl (C=O) groups is 1. The van der Waals surface area contributed by atoms with Crippen LogP contribution < -0.4 is 5.56 Å². The average Bonchev–Trinajstić information content (AvgIpc) is 2.34. The van der Waals surface area contributed by atoms with Crippen molar-refractivity contribution in [3.05, 3.63) is 67.6 Å². The molecule has 0 aliphatic heterocycles. The number of halogens is 1. The number of hydrogen-bond donors (Lipinski definition) is 1. The summed E-state index contributed by atoms with van der Waals surface area (Å²) < 4.78 is 2.61. The topological polar surface area (TPSA) is 59.3 Å². The normalized spacial score (nSPS) is 10.3. The summed E-state index contributed by atoms with van der Waals surface area (Å²) in [5, 5.41) is 8.77. The average molecular weight is 355 g/mol. The van der Waals surface area contributed by atoms with E-state index in [0.29, 0.717) is 6.54 Å². The van der Waals surface area contributed by atoms with E-state index in [4.69, 9.17) is 5.11 Å². The van der Waals surface area contributed by atoms with Crippen molar-refractivity contribution in [3.8, 4) is 0 Å². The van der Waals surface area contributed by atoms with Crippen LogP contribution >= 0.6 is 22.6 Å². The van der Waals surface area contributed by atoms with E-state index in [2.05, 4.69) is 22.6 Å². The Hall–Kier alpha value is -1.63. The minimum Gasteiger partial charge on any atom is -0.478 e. The summed E-state index contributed by atoms with van der Waals surface area (Å²) in [5.74, 6) is -1.09. The van der Waals surface area contributed by atoms with Gasteiger partial charge < -0.3 is 9.67 Å². The monoisotopic (exact) mass is 355 g/mol. The van der Waals surface area contributed by atoms with E-state index in [1.807, 2.05) is 24.3 Å². The van der Waals surface area contributed by atoms with E-state index in [1.54, 1.807) is 0 Å². The van der Waals surface area contributed by atoms with Crippen molar-refractivity contribution in [3.63, 3.8) is 0 Å². The third kappa shape index (κ3) is 2.98. The molecule has 2 rings (SSSR count). The van der Waals surface area contributed by atoms with Crippen LogP contribution in [0.4, 0.5) is 0 Å². The number of rotatable bonds is 3. The van der Waals surface area contributed by atoms with Gasteiger partial charge in [0.1, 0.15) is 0 Å². The van der Waals surface area contributed by atoms with Crippen molar-refractivity contribution in [1.29, 1.82) is 0 Å². The van der Waals surface area contributed by atoms with Gasteiger partial charge in [0.05, 0.1) is 12.1 Å². The quantitative estimate of drug-likeness (QED) is 0.859. The van der Waals surface area contributed by atoms with Crippen molar-refractivity contribution >= 4 is 28.6 Å². The number of hydrogen-bond acceptors (Lipinski definition) is 2. The van der Waals surface area contributed by atoms with Crippen LogP contribution in [0.2, 0.25) is 0 Å². The highest BCUT2D eigenvalue weighted by atomic mass is 127. The van der Waals surface area contributed by atoms with Crippen molar-refractivity contribution in [1.82, 2.24) is 4.57 Å². The summed E-state index contributed by atoms with van der Waals surface area (Å²) >= 11 is 2.21. The maximum Gasteiger partial charge on any atom is 0.335 e. The second-order valence-electron chi connectivity index (χ2n) is 3.81. The Morgan fingerprint density at radius 3 is 2.44 bits per heavy atom. The van der Waals surface area contributed by atoms with Crippen LogP contribution in [0, 0.1) is 3.57 Å². The largest absolute Gasteiger partial charge is 0.478 e. The van der Waals surface area contributed by atoms with E-state index in [0.717, 1.165) is 15.2 Å². The van der Waals surface area contributed by atoms with Gasteiger partial charge in [-0.05, 0) is 46.4 Å². The zero-order valence-electron chi connectivity index (χ0n) is 9.34. The molecule has 92 valence electrons. The lowest BCUT2D eigenvalue weighted by Crippen LogP contribution is -2.20. The van der Waals surface area contributed by atoms with Crippen LogP contribution in [0.5, 0.6) is 0 Å². The molecule has 1 N–H and O–H groups in total. The molecule has 2 aromatic rings. The zero-order chi connectivity index (χ0) is 13.1. The van der Waals surface area contributed by atoms with E-state index < -0.39 is 5.97 Å². The molecule has 0 aliphatic rings. The van der Waals surface area contributed by atoms with Crippen molar-refractivity contribution in [2.24, 2.45) is 0 Å². The number of pyridine rings is 1. The fourth-order valence-electron chi connectivity index (χ4n) is 1.56. The van der Waals surface area contributed by atoms with Gasteiger partial charge >= 0.3 is 5.97 Å². The minimum absolute atomic E-state index is 0.0128. The fraction of sp³-hybridized carbons (Fsp3) is 0.0769. The van der Waals surface area contributed by atoms with Crippen LogP contribution in [0.15, 0.2) is 47.4 Å². The fourth-order valence-corrected chi connectivity index (χ4v) is 1.92. The van der Waals surface area contributed by atoms with E-state index >= 15 is 0 Å². The number of carboxylic acids is 1. The Morgan fingerprint density at radius 1 is 1.22 bits per heavy atom. The Morgan fingerprint density at radius 2 is 1.89 bits per heavy atom. The molecular formula is C13H10INO3. The van der Waals surface area contributed by atoms with Crippen molar-refractivity contribution in [2.75, 3.05) is 0 Å². The van der Waals surface area contributed by atoms with E-state index in [1.165, 1.54) is 16.8 Å². The Kier molecular flexibility index (Phi) is 3.81. The van der Waals surface area contributed by atoms with Gasteiger partial charge in [-0.3, -0.25) is 4.79 Å². The smallest absolute Gasteiger partial charge is 0.335 e. The predicted molar refractivity (Wildman–Crippen MR) is 75.9 cm³/mol. The highest BCUT2D eigenvalue weighted by molar-refractivity contribution is 14.1. The summed E-state index contributed by atoms with van der Waals surface area (Å²) in [4.78, 5) is 22.4. The number of aromatic nitrogens is 1. The standard InChI is InChI=1S/C13H10INO3/c14-11-3-1-9(2-4-11)8-15-6-5-10(13(17)18)7-12(15)16/h1-7H,8H2,(H,17,18). The summed E-state index contributed by atoms with van der Waals surface area (Å²) in [5.41, 5.74) is 0.702. The van der Waals surface area contributed by atoms with Crippen LogP contribution in [0.1, 0.15) is 15.9 Å². The summed E-state index contributed by atoms with van der Waals surface area (Å²) in [6.07, 6.45) is 1.50. The molecule has 0 bridgehead atoms. The maximum atomic E-state index is 11.7. The van der Waals surface area contributed by atoms with Gasteiger partial charge in [-0.15, -0.1) is 0 Å². The molecule has 0 unspecified atom stereocenters. The molecule has 18 heavy (non-hydrogen) atoms. The van der Waals surface area contributed by atoms with Crippen LogP contribution in [-0.2, 0) is 6.54 Å². The molecular weight excluding hydrogens is 345 g/mol. The highest BCUT2D eigenvalue weighted by Crippen LogP contribution is 2.07. The van der Waals surface area contributed by atoms with Gasteiger partial charge in [-0.25, -0.2) is 4.79 Å². The van der Waals surface area contributed by atoms with Crippen molar-refractivity contribution in [2.45, 2.75) is 6.54 Å². The first-order valence-electron chi connectivity index (χ1n) is 5.24. The van der Waals surface area contributed by atoms with Gasteiger partial charge in [0.15, 0.2) is 0 Å². The van der Waals surface area contributed by atoms with Gasteiger partial charge in [-0.2, -0.15) is 0 Å². The molecule has 0 aliphatic carbocycles. The Labute approximate surface area is 117 Å². The lowest BCUT2D eigenvalue weighted by Gasteiger charge is -2.06. The first-order chi connectivity index (χ1) is 8.56. The van der Waals surface area contributed by atoms with Gasteiger partial charge in [0.2, 0.25) is 0 Å². The van der Waals surface area contributed by atoms with E-state index in [-0.39, 0.29) is 11.1 Å². The molecule has 0 amide bonds. The molecule has 1 heterocycles.